The first kappa shape index (κ1) is 26.8. The van der Waals surface area contributed by atoms with Crippen LogP contribution in [-0.4, -0.2) is 77.0 Å². The van der Waals surface area contributed by atoms with E-state index in [4.69, 9.17) is 16.3 Å². The number of ether oxygens (including phenoxy) is 1. The Kier molecular flexibility index (Phi) is 7.46. The molecule has 6 atom stereocenters. The zero-order chi connectivity index (χ0) is 27.1. The van der Waals surface area contributed by atoms with Gasteiger partial charge in [0.15, 0.2) is 0 Å². The van der Waals surface area contributed by atoms with E-state index in [0.717, 1.165) is 45.1 Å². The van der Waals surface area contributed by atoms with E-state index in [2.05, 4.69) is 22.5 Å². The number of hydrogen-bond acceptors (Lipinski definition) is 5. The second-order valence-electron chi connectivity index (χ2n) is 12.0. The van der Waals surface area contributed by atoms with Crippen molar-refractivity contribution in [3.8, 4) is 0 Å². The van der Waals surface area contributed by atoms with Crippen molar-refractivity contribution in [3.05, 3.63) is 41.4 Å². The largest absolute Gasteiger partial charge is 0.359 e. The maximum atomic E-state index is 14.2. The Balaban J connectivity index is 1.27. The molecule has 0 radical (unpaired) electrons. The van der Waals surface area contributed by atoms with Gasteiger partial charge in [-0.15, -0.1) is 0 Å². The molecule has 9 heteroatoms. The van der Waals surface area contributed by atoms with E-state index >= 15 is 0 Å². The highest BCUT2D eigenvalue weighted by Crippen LogP contribution is 2.55. The molecule has 6 rings (SSSR count). The average Bonchev–Trinajstić information content (AvgIpc) is 3.57. The molecule has 4 heterocycles. The molecule has 4 fully saturated rings. The lowest BCUT2D eigenvalue weighted by molar-refractivity contribution is -0.141. The molecule has 1 spiro atoms. The monoisotopic (exact) mass is 554 g/mol. The SMILES string of the molecule is CC1CCCCN1CCN1C(=O)C2C(C(=O)Nc3ccc(Cl)cc3)C3C=CC2(O3)C1C(=O)NC1CCCCC1. The number of nitrogens with zero attached hydrogens (tertiary/aromatic N) is 2. The van der Waals surface area contributed by atoms with Gasteiger partial charge in [0.1, 0.15) is 11.6 Å². The molecule has 5 aliphatic rings. The molecule has 210 valence electrons. The van der Waals surface area contributed by atoms with Crippen molar-refractivity contribution in [3.63, 3.8) is 0 Å². The van der Waals surface area contributed by atoms with Crippen molar-refractivity contribution < 1.29 is 19.1 Å². The zero-order valence-corrected chi connectivity index (χ0v) is 23.4. The second-order valence-corrected chi connectivity index (χ2v) is 12.4. The third-order valence-corrected chi connectivity index (χ3v) is 9.81. The third-order valence-electron chi connectivity index (χ3n) is 9.56. The van der Waals surface area contributed by atoms with Gasteiger partial charge in [0, 0.05) is 35.9 Å². The first-order chi connectivity index (χ1) is 18.9. The fraction of sp³-hybridized carbons (Fsp3) is 0.633. The van der Waals surface area contributed by atoms with Crippen LogP contribution in [0.25, 0.3) is 0 Å². The van der Waals surface area contributed by atoms with Gasteiger partial charge in [-0.2, -0.15) is 0 Å². The van der Waals surface area contributed by atoms with Crippen molar-refractivity contribution in [2.45, 2.75) is 88.1 Å². The van der Waals surface area contributed by atoms with Crippen molar-refractivity contribution >= 4 is 35.0 Å². The highest BCUT2D eigenvalue weighted by atomic mass is 35.5. The number of fused-ring (bicyclic) bond motifs is 1. The zero-order valence-electron chi connectivity index (χ0n) is 22.6. The van der Waals surface area contributed by atoms with Crippen molar-refractivity contribution in [1.29, 1.82) is 0 Å². The molecule has 8 nitrogen and oxygen atoms in total. The van der Waals surface area contributed by atoms with E-state index in [0.29, 0.717) is 29.8 Å². The van der Waals surface area contributed by atoms with E-state index in [1.165, 1.54) is 12.8 Å². The normalized spacial score (nSPS) is 34.4. The molecule has 3 amide bonds. The Morgan fingerprint density at radius 2 is 1.77 bits per heavy atom. The van der Waals surface area contributed by atoms with Crippen molar-refractivity contribution in [1.82, 2.24) is 15.1 Å². The highest BCUT2D eigenvalue weighted by Gasteiger charge is 2.72. The number of piperidine rings is 1. The molecular formula is C30H39ClN4O4. The summed E-state index contributed by atoms with van der Waals surface area (Å²) in [4.78, 5) is 45.8. The first-order valence-corrected chi connectivity index (χ1v) is 15.0. The minimum atomic E-state index is -1.13. The first-order valence-electron chi connectivity index (χ1n) is 14.7. The van der Waals surface area contributed by atoms with Gasteiger partial charge in [0.2, 0.25) is 17.7 Å². The quantitative estimate of drug-likeness (QED) is 0.501. The Hall–Kier alpha value is -2.42. The predicted molar refractivity (Wildman–Crippen MR) is 149 cm³/mol. The summed E-state index contributed by atoms with van der Waals surface area (Å²) in [6, 6.07) is 6.69. The third kappa shape index (κ3) is 4.89. The van der Waals surface area contributed by atoms with Crippen LogP contribution in [0.1, 0.15) is 58.3 Å². The maximum absolute atomic E-state index is 14.2. The van der Waals surface area contributed by atoms with Gasteiger partial charge in [-0.25, -0.2) is 0 Å². The van der Waals surface area contributed by atoms with E-state index < -0.39 is 29.6 Å². The Morgan fingerprint density at radius 1 is 1.03 bits per heavy atom. The lowest BCUT2D eigenvalue weighted by Gasteiger charge is -2.37. The molecule has 39 heavy (non-hydrogen) atoms. The summed E-state index contributed by atoms with van der Waals surface area (Å²) in [6.07, 6.45) is 12.0. The Bertz CT molecular complexity index is 1140. The van der Waals surface area contributed by atoms with Crippen LogP contribution in [0, 0.1) is 11.8 Å². The van der Waals surface area contributed by atoms with E-state index in [1.54, 1.807) is 29.2 Å². The van der Waals surface area contributed by atoms with Gasteiger partial charge in [0.25, 0.3) is 0 Å². The van der Waals surface area contributed by atoms with Crippen molar-refractivity contribution in [2.24, 2.45) is 11.8 Å². The van der Waals surface area contributed by atoms with E-state index in [-0.39, 0.29) is 23.8 Å². The molecule has 0 aromatic heterocycles. The van der Waals surface area contributed by atoms with Crippen LogP contribution in [0.5, 0.6) is 0 Å². The van der Waals surface area contributed by atoms with Crippen LogP contribution in [-0.2, 0) is 19.1 Å². The number of hydrogen-bond donors (Lipinski definition) is 2. The summed E-state index contributed by atoms with van der Waals surface area (Å²) in [5.74, 6) is -2.03. The number of nitrogens with one attached hydrogen (secondary N) is 2. The molecule has 1 aliphatic carbocycles. The molecule has 2 bridgehead atoms. The van der Waals surface area contributed by atoms with Gasteiger partial charge in [-0.05, 0) is 63.4 Å². The van der Waals surface area contributed by atoms with Crippen LogP contribution in [0.15, 0.2) is 36.4 Å². The summed E-state index contributed by atoms with van der Waals surface area (Å²) >= 11 is 6.01. The summed E-state index contributed by atoms with van der Waals surface area (Å²) in [5.41, 5.74) is -0.520. The average molecular weight is 555 g/mol. The second kappa shape index (κ2) is 10.9. The Morgan fingerprint density at radius 3 is 2.51 bits per heavy atom. The smallest absolute Gasteiger partial charge is 0.246 e. The van der Waals surface area contributed by atoms with E-state index in [1.807, 2.05) is 12.2 Å². The number of carbonyl (C=O) groups is 3. The fourth-order valence-electron chi connectivity index (χ4n) is 7.52. The van der Waals surface area contributed by atoms with Gasteiger partial charge < -0.3 is 20.3 Å². The van der Waals surface area contributed by atoms with Gasteiger partial charge in [0.05, 0.1) is 17.9 Å². The summed E-state index contributed by atoms with van der Waals surface area (Å²) in [5, 5.41) is 6.79. The lowest BCUT2D eigenvalue weighted by atomic mass is 9.74. The Labute approximate surface area is 235 Å². The molecular weight excluding hydrogens is 516 g/mol. The van der Waals surface area contributed by atoms with Crippen LogP contribution in [0.3, 0.4) is 0 Å². The summed E-state index contributed by atoms with van der Waals surface area (Å²) in [7, 11) is 0. The van der Waals surface area contributed by atoms with Crippen LogP contribution in [0.2, 0.25) is 5.02 Å². The van der Waals surface area contributed by atoms with Gasteiger partial charge >= 0.3 is 0 Å². The van der Waals surface area contributed by atoms with Crippen LogP contribution < -0.4 is 10.6 Å². The maximum Gasteiger partial charge on any atom is 0.246 e. The molecule has 1 aromatic carbocycles. The summed E-state index contributed by atoms with van der Waals surface area (Å²) < 4.78 is 6.48. The van der Waals surface area contributed by atoms with Crippen molar-refractivity contribution in [2.75, 3.05) is 25.0 Å². The number of halogens is 1. The molecule has 2 N–H and O–H groups in total. The summed E-state index contributed by atoms with van der Waals surface area (Å²) in [6.45, 7) is 4.38. The number of anilines is 1. The highest BCUT2D eigenvalue weighted by molar-refractivity contribution is 6.30. The minimum Gasteiger partial charge on any atom is -0.359 e. The van der Waals surface area contributed by atoms with Crippen LogP contribution >= 0.6 is 11.6 Å². The molecule has 1 aromatic rings. The predicted octanol–water partition coefficient (Wildman–Crippen LogP) is 3.75. The number of likely N-dealkylation sites (tertiary alicyclic amines) is 2. The van der Waals surface area contributed by atoms with Crippen LogP contribution in [0.4, 0.5) is 5.69 Å². The van der Waals surface area contributed by atoms with Gasteiger partial charge in [-0.1, -0.05) is 49.4 Å². The molecule has 3 saturated heterocycles. The number of benzene rings is 1. The van der Waals surface area contributed by atoms with E-state index in [9.17, 15) is 14.4 Å². The standard InChI is InChI=1S/C30H39ClN4O4/c1-19-7-5-6-16-34(19)17-18-35-26(28(37)33-21-8-3-2-4-9-21)30-15-14-23(39-30)24(25(30)29(35)38)27(36)32-22-12-10-20(31)11-13-22/h10-15,19,21,23-26H,2-9,16-18H2,1H3,(H,32,36)(H,33,37). The number of carbonyl (C=O) groups excluding carboxylic acids is 3. The van der Waals surface area contributed by atoms with Gasteiger partial charge in [-0.3, -0.25) is 19.3 Å². The fourth-order valence-corrected chi connectivity index (χ4v) is 7.65. The minimum absolute atomic E-state index is 0.118. The number of amides is 3. The molecule has 6 unspecified atom stereocenters. The number of rotatable bonds is 7. The molecule has 1 saturated carbocycles. The molecule has 4 aliphatic heterocycles. The lowest BCUT2D eigenvalue weighted by Crippen LogP contribution is -2.57. The topological polar surface area (TPSA) is 91.0 Å².